The largest absolute Gasteiger partial charge is 0.470 e. The molecular weight excluding hydrogens is 516 g/mol. The summed E-state index contributed by atoms with van der Waals surface area (Å²) in [6.07, 6.45) is -8.51. The molecule has 0 saturated heterocycles. The van der Waals surface area contributed by atoms with Crippen molar-refractivity contribution in [3.8, 4) is 0 Å². The molecule has 1 heterocycles. The minimum Gasteiger partial charge on any atom is -0.470 e. The fraction of sp³-hybridized carbons (Fsp3) is 0.318. The van der Waals surface area contributed by atoms with E-state index in [0.717, 1.165) is 11.8 Å². The number of rotatable bonds is 7. The minimum absolute atomic E-state index is 0.0506. The molecule has 0 saturated carbocycles. The third-order valence-corrected chi connectivity index (χ3v) is 5.31. The van der Waals surface area contributed by atoms with E-state index in [2.05, 4.69) is 15.5 Å². The highest BCUT2D eigenvalue weighted by atomic mass is 32.2. The van der Waals surface area contributed by atoms with Crippen molar-refractivity contribution in [2.45, 2.75) is 19.0 Å². The number of ether oxygens (including phenoxy) is 1. The van der Waals surface area contributed by atoms with Gasteiger partial charge in [-0.3, -0.25) is 0 Å². The molecule has 0 N–H and O–H groups in total. The fourth-order valence-corrected chi connectivity index (χ4v) is 3.52. The van der Waals surface area contributed by atoms with Crippen LogP contribution < -0.4 is 0 Å². The highest BCUT2D eigenvalue weighted by molar-refractivity contribution is 8.13. The smallest absolute Gasteiger partial charge is 0.416 e. The SMILES string of the molecule is CO/N=C(/C1=NOCCO1)c1ccccc1CO/N=C(\SC)c1cc(C(F)(F)F)cc(C(F)(F)F)c1. The van der Waals surface area contributed by atoms with E-state index in [0.29, 0.717) is 23.3 Å². The van der Waals surface area contributed by atoms with E-state index in [9.17, 15) is 26.3 Å². The van der Waals surface area contributed by atoms with Gasteiger partial charge in [-0.15, -0.1) is 11.8 Å². The van der Waals surface area contributed by atoms with Gasteiger partial charge in [0.05, 0.1) is 11.1 Å². The lowest BCUT2D eigenvalue weighted by atomic mass is 10.0. The van der Waals surface area contributed by atoms with Crippen LogP contribution in [0.15, 0.2) is 57.9 Å². The average Bonchev–Trinajstić information content (AvgIpc) is 2.85. The maximum Gasteiger partial charge on any atom is 0.416 e. The molecule has 1 aliphatic heterocycles. The Balaban J connectivity index is 1.91. The van der Waals surface area contributed by atoms with E-state index in [-0.39, 0.29) is 48.1 Å². The van der Waals surface area contributed by atoms with E-state index >= 15 is 0 Å². The lowest BCUT2D eigenvalue weighted by molar-refractivity contribution is -0.143. The van der Waals surface area contributed by atoms with Crippen molar-refractivity contribution in [3.05, 3.63) is 70.3 Å². The Hall–Kier alpha value is -3.42. The van der Waals surface area contributed by atoms with Gasteiger partial charge >= 0.3 is 12.4 Å². The predicted octanol–water partition coefficient (Wildman–Crippen LogP) is 5.68. The van der Waals surface area contributed by atoms with Crippen molar-refractivity contribution in [3.63, 3.8) is 0 Å². The van der Waals surface area contributed by atoms with Crippen molar-refractivity contribution in [2.24, 2.45) is 15.5 Å². The third-order valence-electron chi connectivity index (χ3n) is 4.61. The molecule has 7 nitrogen and oxygen atoms in total. The zero-order chi connectivity index (χ0) is 26.3. The van der Waals surface area contributed by atoms with Gasteiger partial charge in [-0.25, -0.2) is 0 Å². The number of nitrogens with zero attached hydrogens (tertiary/aromatic N) is 3. The second kappa shape index (κ2) is 11.5. The molecule has 194 valence electrons. The Kier molecular flexibility index (Phi) is 8.71. The monoisotopic (exact) mass is 535 g/mol. The molecule has 14 heteroatoms. The van der Waals surface area contributed by atoms with Gasteiger partial charge in [-0.1, -0.05) is 34.6 Å². The van der Waals surface area contributed by atoms with E-state index in [1.807, 2.05) is 0 Å². The van der Waals surface area contributed by atoms with Crippen molar-refractivity contribution < 1.29 is 45.6 Å². The fourth-order valence-electron chi connectivity index (χ4n) is 3.04. The molecule has 0 unspecified atom stereocenters. The van der Waals surface area contributed by atoms with Gasteiger partial charge in [-0.05, 0) is 29.6 Å². The summed E-state index contributed by atoms with van der Waals surface area (Å²) in [6.45, 7) is 0.285. The van der Waals surface area contributed by atoms with Crippen LogP contribution in [-0.4, -0.2) is 43.2 Å². The van der Waals surface area contributed by atoms with Gasteiger partial charge in [0.1, 0.15) is 25.4 Å². The maximum absolute atomic E-state index is 13.2. The zero-order valence-corrected chi connectivity index (χ0v) is 19.6. The summed E-state index contributed by atoms with van der Waals surface area (Å²) < 4.78 is 84.8. The van der Waals surface area contributed by atoms with Crippen LogP contribution in [0.4, 0.5) is 26.3 Å². The Bertz CT molecular complexity index is 1130. The Labute approximate surface area is 205 Å². The van der Waals surface area contributed by atoms with Gasteiger partial charge < -0.3 is 19.2 Å². The van der Waals surface area contributed by atoms with E-state index in [1.54, 1.807) is 24.3 Å². The highest BCUT2D eigenvalue weighted by Crippen LogP contribution is 2.37. The number of alkyl halides is 6. The molecule has 1 aliphatic rings. The van der Waals surface area contributed by atoms with Crippen LogP contribution in [0.5, 0.6) is 0 Å². The van der Waals surface area contributed by atoms with Crippen LogP contribution in [0.1, 0.15) is 27.8 Å². The number of benzene rings is 2. The molecule has 0 spiro atoms. The molecule has 2 aromatic carbocycles. The first-order chi connectivity index (χ1) is 17.0. The molecule has 36 heavy (non-hydrogen) atoms. The molecule has 0 radical (unpaired) electrons. The summed E-state index contributed by atoms with van der Waals surface area (Å²) in [4.78, 5) is 15.2. The normalized spacial score (nSPS) is 15.1. The Morgan fingerprint density at radius 2 is 1.67 bits per heavy atom. The number of hydrogen-bond donors (Lipinski definition) is 0. The molecule has 0 fully saturated rings. The molecule has 0 atom stereocenters. The van der Waals surface area contributed by atoms with Gasteiger partial charge in [0.15, 0.2) is 12.3 Å². The predicted molar refractivity (Wildman–Crippen MR) is 121 cm³/mol. The van der Waals surface area contributed by atoms with Crippen LogP contribution >= 0.6 is 11.8 Å². The number of halogens is 6. The van der Waals surface area contributed by atoms with Crippen LogP contribution in [0, 0.1) is 0 Å². The van der Waals surface area contributed by atoms with Gasteiger partial charge in [0, 0.05) is 16.7 Å². The quantitative estimate of drug-likeness (QED) is 0.198. The summed E-state index contributed by atoms with van der Waals surface area (Å²) in [5.74, 6) is 0.0625. The van der Waals surface area contributed by atoms with Gasteiger partial charge in [0.25, 0.3) is 5.90 Å². The molecule has 0 aliphatic carbocycles. The molecule has 0 aromatic heterocycles. The second-order valence-electron chi connectivity index (χ2n) is 7.03. The summed E-state index contributed by atoms with van der Waals surface area (Å²) in [5, 5.41) is 11.4. The summed E-state index contributed by atoms with van der Waals surface area (Å²) in [7, 11) is 1.32. The summed E-state index contributed by atoms with van der Waals surface area (Å²) in [6, 6.07) is 7.94. The lowest BCUT2D eigenvalue weighted by Crippen LogP contribution is -2.26. The van der Waals surface area contributed by atoms with Crippen molar-refractivity contribution >= 4 is 28.4 Å². The average molecular weight is 535 g/mol. The minimum atomic E-state index is -4.98. The topological polar surface area (TPSA) is 74.0 Å². The van der Waals surface area contributed by atoms with Gasteiger partial charge in [0.2, 0.25) is 0 Å². The Morgan fingerprint density at radius 1 is 1.00 bits per heavy atom. The van der Waals surface area contributed by atoms with Crippen molar-refractivity contribution in [1.29, 1.82) is 0 Å². The standard InChI is InChI=1S/C22H19F6N3O4S/c1-32-29-18(19-30-34-8-7-33-19)17-6-4-3-5-13(17)12-35-31-20(36-2)14-9-15(21(23,24)25)11-16(10-14)22(26,27)28/h3-6,9-11H,7-8,12H2,1-2H3/b29-18+,31-20-. The zero-order valence-electron chi connectivity index (χ0n) is 18.8. The molecular formula is C22H19F6N3O4S. The van der Waals surface area contributed by atoms with Crippen molar-refractivity contribution in [1.82, 2.24) is 0 Å². The summed E-state index contributed by atoms with van der Waals surface area (Å²) >= 11 is 0.829. The van der Waals surface area contributed by atoms with E-state index < -0.39 is 23.5 Å². The first kappa shape index (κ1) is 27.2. The number of oxime groups is 3. The van der Waals surface area contributed by atoms with E-state index in [1.165, 1.54) is 13.4 Å². The first-order valence-corrected chi connectivity index (χ1v) is 11.3. The molecule has 3 rings (SSSR count). The van der Waals surface area contributed by atoms with Crippen LogP contribution in [0.3, 0.4) is 0 Å². The summed E-state index contributed by atoms with van der Waals surface area (Å²) in [5.41, 5.74) is -2.11. The molecule has 2 aromatic rings. The first-order valence-electron chi connectivity index (χ1n) is 10.1. The second-order valence-corrected chi connectivity index (χ2v) is 7.82. The highest BCUT2D eigenvalue weighted by Gasteiger charge is 2.37. The molecule has 0 bridgehead atoms. The van der Waals surface area contributed by atoms with Crippen LogP contribution in [0.2, 0.25) is 0 Å². The van der Waals surface area contributed by atoms with Crippen LogP contribution in [0.25, 0.3) is 0 Å². The van der Waals surface area contributed by atoms with Crippen LogP contribution in [-0.2, 0) is 38.2 Å². The maximum atomic E-state index is 13.2. The Morgan fingerprint density at radius 3 is 2.22 bits per heavy atom. The third kappa shape index (κ3) is 6.83. The number of thioether (sulfide) groups is 1. The van der Waals surface area contributed by atoms with Crippen molar-refractivity contribution in [2.75, 3.05) is 26.6 Å². The van der Waals surface area contributed by atoms with E-state index in [4.69, 9.17) is 19.2 Å². The lowest BCUT2D eigenvalue weighted by Gasteiger charge is -2.16. The molecule has 0 amide bonds. The number of hydrogen-bond acceptors (Lipinski definition) is 8. The van der Waals surface area contributed by atoms with Gasteiger partial charge in [-0.2, -0.15) is 26.3 Å².